The van der Waals surface area contributed by atoms with Gasteiger partial charge in [-0.25, -0.2) is 9.37 Å². The number of hydrogen-bond donors (Lipinski definition) is 3. The number of carbonyl (C=O) groups excluding carboxylic acids is 1. The van der Waals surface area contributed by atoms with Crippen molar-refractivity contribution < 1.29 is 13.6 Å². The molecule has 1 amide bonds. The number of amides is 1. The maximum Gasteiger partial charge on any atom is 0.227 e. The maximum atomic E-state index is 16.0. The Morgan fingerprint density at radius 3 is 2.74 bits per heavy atom. The molecule has 11 heteroatoms. The lowest BCUT2D eigenvalue weighted by molar-refractivity contribution is -0.119. The first kappa shape index (κ1) is 22.3. The summed E-state index contributed by atoms with van der Waals surface area (Å²) >= 11 is 0. The summed E-state index contributed by atoms with van der Waals surface area (Å²) in [6, 6.07) is 3.51. The Balaban J connectivity index is 1.28. The summed E-state index contributed by atoms with van der Waals surface area (Å²) in [7, 11) is 0. The summed E-state index contributed by atoms with van der Waals surface area (Å²) < 4.78 is 21.2. The normalized spacial score (nSPS) is 14.0. The molecule has 0 saturated heterocycles. The summed E-state index contributed by atoms with van der Waals surface area (Å²) in [5.41, 5.74) is 4.74. The van der Waals surface area contributed by atoms with Crippen molar-refractivity contribution in [2.45, 2.75) is 25.7 Å². The SMILES string of the molecule is O=C(Nc1cncc(-c2ncc3[nH]nc(-c4nc5c(-c6ccoc6)cncc5[nH]4)c3c2F)c1)C1CCCC1. The molecule has 6 aromatic rings. The number of fused-ring (bicyclic) bond motifs is 2. The Bertz CT molecular complexity index is 1800. The molecule has 6 aromatic heterocycles. The fourth-order valence-corrected chi connectivity index (χ4v) is 5.09. The van der Waals surface area contributed by atoms with Crippen molar-refractivity contribution in [3.05, 3.63) is 61.5 Å². The number of aromatic nitrogens is 7. The van der Waals surface area contributed by atoms with Gasteiger partial charge in [0, 0.05) is 35.0 Å². The summed E-state index contributed by atoms with van der Waals surface area (Å²) in [5, 5.41) is 10.3. The molecular formula is C27H21FN8O2. The zero-order chi connectivity index (χ0) is 25.6. The van der Waals surface area contributed by atoms with E-state index in [2.05, 4.69) is 35.5 Å². The number of nitrogens with one attached hydrogen (secondary N) is 3. The molecule has 0 atom stereocenters. The summed E-state index contributed by atoms with van der Waals surface area (Å²) in [6.07, 6.45) is 15.0. The van der Waals surface area contributed by atoms with E-state index in [9.17, 15) is 4.79 Å². The molecule has 1 aliphatic carbocycles. The average molecular weight is 509 g/mol. The van der Waals surface area contributed by atoms with Crippen molar-refractivity contribution in [2.24, 2.45) is 5.92 Å². The van der Waals surface area contributed by atoms with Crippen LogP contribution in [0.2, 0.25) is 0 Å². The number of anilines is 1. The second-order valence-electron chi connectivity index (χ2n) is 9.40. The van der Waals surface area contributed by atoms with Gasteiger partial charge in [-0.05, 0) is 25.0 Å². The number of hydrogen-bond acceptors (Lipinski definition) is 7. The highest BCUT2D eigenvalue weighted by molar-refractivity contribution is 5.98. The number of imidazole rings is 1. The van der Waals surface area contributed by atoms with Crippen LogP contribution in [0.4, 0.5) is 10.1 Å². The lowest BCUT2D eigenvalue weighted by atomic mass is 10.1. The van der Waals surface area contributed by atoms with Crippen LogP contribution in [-0.4, -0.2) is 41.0 Å². The van der Waals surface area contributed by atoms with Crippen molar-refractivity contribution in [3.8, 4) is 33.9 Å². The van der Waals surface area contributed by atoms with E-state index in [1.54, 1.807) is 37.2 Å². The Morgan fingerprint density at radius 1 is 1.03 bits per heavy atom. The van der Waals surface area contributed by atoms with E-state index in [4.69, 9.17) is 9.40 Å². The molecule has 10 nitrogen and oxygen atoms in total. The van der Waals surface area contributed by atoms with E-state index in [1.807, 2.05) is 6.07 Å². The summed E-state index contributed by atoms with van der Waals surface area (Å²) in [4.78, 5) is 33.3. The van der Waals surface area contributed by atoms with Crippen molar-refractivity contribution in [2.75, 3.05) is 5.32 Å². The average Bonchev–Trinajstić information content (AvgIpc) is 3.74. The fourth-order valence-electron chi connectivity index (χ4n) is 5.09. The van der Waals surface area contributed by atoms with E-state index >= 15 is 4.39 Å². The predicted molar refractivity (Wildman–Crippen MR) is 138 cm³/mol. The van der Waals surface area contributed by atoms with E-state index in [0.717, 1.165) is 36.8 Å². The topological polar surface area (TPSA) is 138 Å². The molecule has 1 fully saturated rings. The molecule has 3 N–H and O–H groups in total. The van der Waals surface area contributed by atoms with Crippen molar-refractivity contribution >= 4 is 33.5 Å². The van der Waals surface area contributed by atoms with E-state index in [0.29, 0.717) is 39.3 Å². The van der Waals surface area contributed by atoms with E-state index < -0.39 is 5.82 Å². The smallest absolute Gasteiger partial charge is 0.227 e. The van der Waals surface area contributed by atoms with Gasteiger partial charge < -0.3 is 14.7 Å². The summed E-state index contributed by atoms with van der Waals surface area (Å²) in [5.74, 6) is -0.209. The molecule has 0 radical (unpaired) electrons. The summed E-state index contributed by atoms with van der Waals surface area (Å²) in [6.45, 7) is 0. The molecule has 7 rings (SSSR count). The van der Waals surface area contributed by atoms with Gasteiger partial charge in [0.2, 0.25) is 5.91 Å². The third-order valence-corrected chi connectivity index (χ3v) is 7.00. The Labute approximate surface area is 214 Å². The third kappa shape index (κ3) is 3.71. The first-order valence-electron chi connectivity index (χ1n) is 12.3. The number of furan rings is 1. The van der Waals surface area contributed by atoms with Gasteiger partial charge in [-0.3, -0.25) is 24.8 Å². The molecule has 6 heterocycles. The highest BCUT2D eigenvalue weighted by atomic mass is 19.1. The van der Waals surface area contributed by atoms with Crippen LogP contribution in [0.3, 0.4) is 0 Å². The quantitative estimate of drug-likeness (QED) is 0.280. The zero-order valence-corrected chi connectivity index (χ0v) is 20.0. The molecule has 0 unspecified atom stereocenters. The van der Waals surface area contributed by atoms with E-state index in [1.165, 1.54) is 12.4 Å². The second-order valence-corrected chi connectivity index (χ2v) is 9.40. The number of pyridine rings is 3. The minimum Gasteiger partial charge on any atom is -0.472 e. The Kier molecular flexibility index (Phi) is 5.20. The van der Waals surface area contributed by atoms with Crippen molar-refractivity contribution in [1.29, 1.82) is 0 Å². The van der Waals surface area contributed by atoms with Gasteiger partial charge in [-0.15, -0.1) is 0 Å². The molecule has 1 aliphatic rings. The predicted octanol–water partition coefficient (Wildman–Crippen LogP) is 5.49. The van der Waals surface area contributed by atoms with Gasteiger partial charge in [-0.1, -0.05) is 12.8 Å². The number of aromatic amines is 2. The molecule has 1 saturated carbocycles. The second kappa shape index (κ2) is 8.87. The van der Waals surface area contributed by atoms with Gasteiger partial charge in [-0.2, -0.15) is 5.10 Å². The van der Waals surface area contributed by atoms with Crippen LogP contribution in [0.5, 0.6) is 0 Å². The Morgan fingerprint density at radius 2 is 1.89 bits per heavy atom. The monoisotopic (exact) mass is 508 g/mol. The van der Waals surface area contributed by atoms with Crippen LogP contribution < -0.4 is 5.32 Å². The largest absolute Gasteiger partial charge is 0.472 e. The molecule has 188 valence electrons. The zero-order valence-electron chi connectivity index (χ0n) is 20.0. The minimum atomic E-state index is -0.569. The Hall–Kier alpha value is -4.93. The first-order chi connectivity index (χ1) is 18.7. The minimum absolute atomic E-state index is 0.00592. The number of halogens is 1. The molecular weight excluding hydrogens is 487 g/mol. The molecule has 0 spiro atoms. The molecule has 0 aliphatic heterocycles. The van der Waals surface area contributed by atoms with Crippen LogP contribution in [0.1, 0.15) is 25.7 Å². The lowest BCUT2D eigenvalue weighted by Crippen LogP contribution is -2.20. The van der Waals surface area contributed by atoms with Crippen LogP contribution in [0, 0.1) is 11.7 Å². The van der Waals surface area contributed by atoms with E-state index in [-0.39, 0.29) is 22.9 Å². The number of nitrogens with zero attached hydrogens (tertiary/aromatic N) is 5. The lowest BCUT2D eigenvalue weighted by Gasteiger charge is -2.11. The van der Waals surface area contributed by atoms with Crippen LogP contribution in [0.15, 0.2) is 60.1 Å². The molecule has 0 bridgehead atoms. The highest BCUT2D eigenvalue weighted by Crippen LogP contribution is 2.34. The standard InChI is InChI=1S/C27H21FN8O2/c28-22-21-19(12-31-23(22)16-7-17(9-29-8-16)32-27(37)14-3-1-2-4-14)35-36-25(21)26-33-20-11-30-10-18(24(20)34-26)15-5-6-38-13-15/h5-14H,1-4H2,(H,32,37)(H,33,34)(H,35,36). The fraction of sp³-hybridized carbons (Fsp3) is 0.185. The van der Waals surface area contributed by atoms with Crippen LogP contribution in [-0.2, 0) is 4.79 Å². The number of rotatable bonds is 5. The van der Waals surface area contributed by atoms with Gasteiger partial charge in [0.15, 0.2) is 11.6 Å². The van der Waals surface area contributed by atoms with Crippen molar-refractivity contribution in [3.63, 3.8) is 0 Å². The van der Waals surface area contributed by atoms with Gasteiger partial charge >= 0.3 is 0 Å². The highest BCUT2D eigenvalue weighted by Gasteiger charge is 2.24. The van der Waals surface area contributed by atoms with Gasteiger partial charge in [0.25, 0.3) is 0 Å². The maximum absolute atomic E-state index is 16.0. The van der Waals surface area contributed by atoms with Crippen LogP contribution >= 0.6 is 0 Å². The molecule has 0 aromatic carbocycles. The van der Waals surface area contributed by atoms with Crippen LogP contribution in [0.25, 0.3) is 55.8 Å². The first-order valence-corrected chi connectivity index (χ1v) is 12.3. The number of carbonyl (C=O) groups is 1. The van der Waals surface area contributed by atoms with Crippen molar-refractivity contribution in [1.82, 2.24) is 35.1 Å². The van der Waals surface area contributed by atoms with Gasteiger partial charge in [0.1, 0.15) is 16.9 Å². The number of H-pyrrole nitrogens is 2. The molecule has 38 heavy (non-hydrogen) atoms. The third-order valence-electron chi connectivity index (χ3n) is 7.00. The van der Waals surface area contributed by atoms with Gasteiger partial charge in [0.05, 0.1) is 53.2 Å².